The molecule has 0 saturated carbocycles. The minimum absolute atomic E-state index is 0.177. The van der Waals surface area contributed by atoms with Gasteiger partial charge in [0, 0.05) is 44.0 Å². The number of carbonyl (C=O) groups is 1. The highest BCUT2D eigenvalue weighted by Gasteiger charge is 2.28. The van der Waals surface area contributed by atoms with Crippen molar-refractivity contribution in [3.8, 4) is 0 Å². The minimum atomic E-state index is -3.61. The number of piperazine rings is 1. The van der Waals surface area contributed by atoms with Crippen molar-refractivity contribution in [1.82, 2.24) is 9.21 Å². The summed E-state index contributed by atoms with van der Waals surface area (Å²) in [5.41, 5.74) is 1.21. The third-order valence-corrected chi connectivity index (χ3v) is 7.12. The van der Waals surface area contributed by atoms with Gasteiger partial charge in [0.2, 0.25) is 10.0 Å². The molecule has 1 saturated heterocycles. The summed E-state index contributed by atoms with van der Waals surface area (Å²) in [5.74, 6) is -0.180. The third kappa shape index (κ3) is 5.04. The van der Waals surface area contributed by atoms with Crippen molar-refractivity contribution >= 4 is 21.6 Å². The molecule has 7 heteroatoms. The number of hydrogen-bond donors (Lipinski definition) is 0. The van der Waals surface area contributed by atoms with Gasteiger partial charge in [-0.3, -0.25) is 4.79 Å². The van der Waals surface area contributed by atoms with E-state index in [2.05, 4.69) is 11.8 Å². The molecule has 0 atom stereocenters. The lowest BCUT2D eigenvalue weighted by Crippen LogP contribution is -2.47. The molecule has 1 fully saturated rings. The Kier molecular flexibility index (Phi) is 7.05. The highest BCUT2D eigenvalue weighted by atomic mass is 32.2. The Hall–Kier alpha value is -2.22. The third-order valence-electron chi connectivity index (χ3n) is 5.23. The van der Waals surface area contributed by atoms with Crippen LogP contribution >= 0.6 is 0 Å². The van der Waals surface area contributed by atoms with Gasteiger partial charge >= 0.3 is 0 Å². The molecule has 1 aliphatic heterocycles. The van der Waals surface area contributed by atoms with Crippen molar-refractivity contribution in [3.63, 3.8) is 0 Å². The summed E-state index contributed by atoms with van der Waals surface area (Å²) >= 11 is 0. The van der Waals surface area contributed by atoms with Crippen LogP contribution in [0.4, 0.5) is 5.69 Å². The number of nitrogens with zero attached hydrogens (tertiary/aromatic N) is 3. The molecule has 0 radical (unpaired) electrons. The van der Waals surface area contributed by atoms with E-state index in [0.29, 0.717) is 38.3 Å². The highest BCUT2D eigenvalue weighted by Crippen LogP contribution is 2.22. The second-order valence-corrected chi connectivity index (χ2v) is 9.32. The van der Waals surface area contributed by atoms with Crippen LogP contribution in [0, 0.1) is 0 Å². The van der Waals surface area contributed by atoms with E-state index in [0.717, 1.165) is 18.5 Å². The molecular weight excluding hydrogens is 386 g/mol. The maximum atomic E-state index is 13.3. The predicted molar refractivity (Wildman–Crippen MR) is 116 cm³/mol. The van der Waals surface area contributed by atoms with Crippen molar-refractivity contribution in [2.24, 2.45) is 0 Å². The SMILES string of the molecule is CCCCN(C(=O)c1cccc(S(=O)(=O)N2CCN(C)CC2)c1)c1ccccc1. The molecule has 156 valence electrons. The molecule has 29 heavy (non-hydrogen) atoms. The number of benzene rings is 2. The standard InChI is InChI=1S/C22H29N3O3S/c1-3-4-13-25(20-10-6-5-7-11-20)22(26)19-9-8-12-21(18-19)29(27,28)24-16-14-23(2)15-17-24/h5-12,18H,3-4,13-17H2,1-2H3. The Balaban J connectivity index is 1.88. The first-order chi connectivity index (χ1) is 13.9. The van der Waals surface area contributed by atoms with E-state index < -0.39 is 10.0 Å². The molecule has 0 aliphatic carbocycles. The summed E-state index contributed by atoms with van der Waals surface area (Å²) in [4.78, 5) is 17.3. The van der Waals surface area contributed by atoms with Crippen LogP contribution in [0.25, 0.3) is 0 Å². The van der Waals surface area contributed by atoms with Gasteiger partial charge in [0.25, 0.3) is 5.91 Å². The van der Waals surface area contributed by atoms with Gasteiger partial charge in [-0.2, -0.15) is 4.31 Å². The second-order valence-electron chi connectivity index (χ2n) is 7.38. The number of para-hydroxylation sites is 1. The molecule has 3 rings (SSSR count). The Morgan fingerprint density at radius 2 is 1.69 bits per heavy atom. The quantitative estimate of drug-likeness (QED) is 0.697. The van der Waals surface area contributed by atoms with E-state index in [1.165, 1.54) is 10.4 Å². The van der Waals surface area contributed by atoms with Crippen LogP contribution in [0.5, 0.6) is 0 Å². The number of hydrogen-bond acceptors (Lipinski definition) is 4. The first-order valence-electron chi connectivity index (χ1n) is 10.1. The smallest absolute Gasteiger partial charge is 0.258 e. The van der Waals surface area contributed by atoms with Gasteiger partial charge in [0.15, 0.2) is 0 Å². The van der Waals surface area contributed by atoms with Crippen LogP contribution < -0.4 is 4.90 Å². The van der Waals surface area contributed by atoms with Crippen molar-refractivity contribution < 1.29 is 13.2 Å². The summed E-state index contributed by atoms with van der Waals surface area (Å²) in [6, 6.07) is 15.9. The van der Waals surface area contributed by atoms with Crippen LogP contribution in [0.15, 0.2) is 59.5 Å². The molecule has 2 aromatic rings. The van der Waals surface area contributed by atoms with Crippen LogP contribution in [-0.2, 0) is 10.0 Å². The monoisotopic (exact) mass is 415 g/mol. The Morgan fingerprint density at radius 3 is 2.34 bits per heavy atom. The van der Waals surface area contributed by atoms with Crippen molar-refractivity contribution in [2.45, 2.75) is 24.7 Å². The van der Waals surface area contributed by atoms with Gasteiger partial charge < -0.3 is 9.80 Å². The molecule has 1 heterocycles. The van der Waals surface area contributed by atoms with E-state index in [1.54, 1.807) is 23.1 Å². The molecule has 0 aromatic heterocycles. The summed E-state index contributed by atoms with van der Waals surface area (Å²) in [6.07, 6.45) is 1.84. The fourth-order valence-electron chi connectivity index (χ4n) is 3.40. The molecule has 1 aliphatic rings. The summed E-state index contributed by atoms with van der Waals surface area (Å²) in [7, 11) is -1.63. The van der Waals surface area contributed by atoms with Crippen LogP contribution in [-0.4, -0.2) is 63.3 Å². The Labute approximate surface area is 173 Å². The number of likely N-dealkylation sites (N-methyl/N-ethyl adjacent to an activating group) is 1. The predicted octanol–water partition coefficient (Wildman–Crippen LogP) is 3.07. The minimum Gasteiger partial charge on any atom is -0.308 e. The molecule has 0 bridgehead atoms. The lowest BCUT2D eigenvalue weighted by atomic mass is 10.1. The van der Waals surface area contributed by atoms with Crippen LogP contribution in [0.2, 0.25) is 0 Å². The van der Waals surface area contributed by atoms with Crippen molar-refractivity contribution in [2.75, 3.05) is 44.7 Å². The average molecular weight is 416 g/mol. The number of anilines is 1. The molecule has 0 N–H and O–H groups in total. The van der Waals surface area contributed by atoms with Crippen molar-refractivity contribution in [3.05, 3.63) is 60.2 Å². The maximum Gasteiger partial charge on any atom is 0.258 e. The topological polar surface area (TPSA) is 60.9 Å². The fraction of sp³-hybridized carbons (Fsp3) is 0.409. The molecule has 0 unspecified atom stereocenters. The van der Waals surface area contributed by atoms with Crippen LogP contribution in [0.1, 0.15) is 30.1 Å². The molecule has 1 amide bonds. The number of carbonyl (C=O) groups excluding carboxylic acids is 1. The van der Waals surface area contributed by atoms with E-state index in [-0.39, 0.29) is 10.8 Å². The Morgan fingerprint density at radius 1 is 1.00 bits per heavy atom. The first-order valence-corrected chi connectivity index (χ1v) is 11.5. The first kappa shape index (κ1) is 21.5. The Bertz CT molecular complexity index is 923. The van der Waals surface area contributed by atoms with E-state index >= 15 is 0 Å². The van der Waals surface area contributed by atoms with Crippen LogP contribution in [0.3, 0.4) is 0 Å². The van der Waals surface area contributed by atoms with E-state index in [4.69, 9.17) is 0 Å². The lowest BCUT2D eigenvalue weighted by Gasteiger charge is -2.31. The number of unbranched alkanes of at least 4 members (excludes halogenated alkanes) is 1. The fourth-order valence-corrected chi connectivity index (χ4v) is 4.86. The van der Waals surface area contributed by atoms with Gasteiger partial charge in [-0.1, -0.05) is 37.6 Å². The van der Waals surface area contributed by atoms with Gasteiger partial charge in [-0.05, 0) is 43.8 Å². The molecular formula is C22H29N3O3S. The largest absolute Gasteiger partial charge is 0.308 e. The molecule has 2 aromatic carbocycles. The van der Waals surface area contributed by atoms with E-state index in [1.807, 2.05) is 37.4 Å². The van der Waals surface area contributed by atoms with Gasteiger partial charge in [-0.15, -0.1) is 0 Å². The zero-order valence-corrected chi connectivity index (χ0v) is 17.9. The van der Waals surface area contributed by atoms with Gasteiger partial charge in [0.1, 0.15) is 0 Å². The van der Waals surface area contributed by atoms with Gasteiger partial charge in [0.05, 0.1) is 4.90 Å². The highest BCUT2D eigenvalue weighted by molar-refractivity contribution is 7.89. The number of sulfonamides is 1. The molecule has 0 spiro atoms. The van der Waals surface area contributed by atoms with Crippen molar-refractivity contribution in [1.29, 1.82) is 0 Å². The van der Waals surface area contributed by atoms with E-state index in [9.17, 15) is 13.2 Å². The second kappa shape index (κ2) is 9.52. The number of amides is 1. The normalized spacial score (nSPS) is 15.9. The zero-order valence-electron chi connectivity index (χ0n) is 17.1. The summed E-state index contributed by atoms with van der Waals surface area (Å²) in [6.45, 7) is 5.01. The van der Waals surface area contributed by atoms with Gasteiger partial charge in [-0.25, -0.2) is 8.42 Å². The molecule has 6 nitrogen and oxygen atoms in total. The summed E-state index contributed by atoms with van der Waals surface area (Å²) in [5, 5.41) is 0. The average Bonchev–Trinajstić information content (AvgIpc) is 2.75. The zero-order chi connectivity index (χ0) is 20.9. The lowest BCUT2D eigenvalue weighted by molar-refractivity contribution is 0.0986. The summed E-state index contributed by atoms with van der Waals surface area (Å²) < 4.78 is 27.6. The number of rotatable bonds is 7. The maximum absolute atomic E-state index is 13.3.